The third kappa shape index (κ3) is 6.61. The normalized spacial score (nSPS) is 19.6. The van der Waals surface area contributed by atoms with Gasteiger partial charge in [0.05, 0.1) is 13.2 Å². The predicted octanol–water partition coefficient (Wildman–Crippen LogP) is 4.45. The summed E-state index contributed by atoms with van der Waals surface area (Å²) in [6.45, 7) is 6.54. The number of benzene rings is 1. The van der Waals surface area contributed by atoms with Crippen LogP contribution in [0.5, 0.6) is 11.5 Å². The van der Waals surface area contributed by atoms with Crippen molar-refractivity contribution in [3.05, 3.63) is 36.4 Å². The van der Waals surface area contributed by atoms with Crippen molar-refractivity contribution in [1.82, 2.24) is 10.2 Å². The second kappa shape index (κ2) is 11.4. The molecule has 1 atom stereocenters. The summed E-state index contributed by atoms with van der Waals surface area (Å²) in [6, 6.07) is 6.56. The maximum Gasteiger partial charge on any atom is 0.169 e. The molecule has 3 rings (SSSR count). The summed E-state index contributed by atoms with van der Waals surface area (Å²) in [5, 5.41) is 4.45. The molecule has 1 saturated heterocycles. The lowest BCUT2D eigenvalue weighted by molar-refractivity contribution is 0.0894. The number of methoxy groups -OCH3 is 1. The van der Waals surface area contributed by atoms with Crippen molar-refractivity contribution in [2.24, 2.45) is 0 Å². The SMILES string of the molecule is C=CCOc1ccc(CN(C[C@@H]2CCCO2)C(=S)NC2CCCCC2)cc1OC. The highest BCUT2D eigenvalue weighted by Gasteiger charge is 2.23. The van der Waals surface area contributed by atoms with Crippen molar-refractivity contribution in [2.75, 3.05) is 26.9 Å². The van der Waals surface area contributed by atoms with Gasteiger partial charge in [-0.05, 0) is 55.6 Å². The molecule has 1 aromatic rings. The van der Waals surface area contributed by atoms with Crippen LogP contribution in [0.25, 0.3) is 0 Å². The molecular formula is C23H34N2O3S. The van der Waals surface area contributed by atoms with Crippen LogP contribution in [0, 0.1) is 0 Å². The van der Waals surface area contributed by atoms with Crippen molar-refractivity contribution >= 4 is 17.3 Å². The fourth-order valence-corrected chi connectivity index (χ4v) is 4.37. The highest BCUT2D eigenvalue weighted by Crippen LogP contribution is 2.29. The Hall–Kier alpha value is -1.79. The van der Waals surface area contributed by atoms with Gasteiger partial charge in [-0.25, -0.2) is 0 Å². The van der Waals surface area contributed by atoms with Gasteiger partial charge >= 0.3 is 0 Å². The molecule has 0 aromatic heterocycles. The average Bonchev–Trinajstić information content (AvgIpc) is 3.26. The zero-order valence-electron chi connectivity index (χ0n) is 17.5. The highest BCUT2D eigenvalue weighted by atomic mass is 32.1. The van der Waals surface area contributed by atoms with Gasteiger partial charge in [-0.1, -0.05) is 38.0 Å². The summed E-state index contributed by atoms with van der Waals surface area (Å²) < 4.78 is 17.1. The van der Waals surface area contributed by atoms with E-state index in [1.807, 2.05) is 12.1 Å². The van der Waals surface area contributed by atoms with Gasteiger partial charge in [0.15, 0.2) is 16.6 Å². The first-order valence-electron chi connectivity index (χ1n) is 10.8. The van der Waals surface area contributed by atoms with E-state index in [0.29, 0.717) is 12.6 Å². The molecule has 5 nitrogen and oxygen atoms in total. The lowest BCUT2D eigenvalue weighted by Gasteiger charge is -2.32. The Morgan fingerprint density at radius 2 is 2.07 bits per heavy atom. The van der Waals surface area contributed by atoms with Crippen LogP contribution in [0.1, 0.15) is 50.5 Å². The summed E-state index contributed by atoms with van der Waals surface area (Å²) in [5.74, 6) is 1.46. The van der Waals surface area contributed by atoms with E-state index < -0.39 is 0 Å². The molecule has 1 N–H and O–H groups in total. The molecule has 0 bridgehead atoms. The number of nitrogens with zero attached hydrogens (tertiary/aromatic N) is 1. The lowest BCUT2D eigenvalue weighted by Crippen LogP contribution is -2.47. The van der Waals surface area contributed by atoms with Crippen LogP contribution >= 0.6 is 12.2 Å². The minimum absolute atomic E-state index is 0.248. The number of hydrogen-bond acceptors (Lipinski definition) is 4. The van der Waals surface area contributed by atoms with Gasteiger partial charge in [-0.15, -0.1) is 0 Å². The molecule has 1 heterocycles. The highest BCUT2D eigenvalue weighted by molar-refractivity contribution is 7.80. The Morgan fingerprint density at radius 1 is 1.24 bits per heavy atom. The van der Waals surface area contributed by atoms with E-state index in [1.165, 1.54) is 32.1 Å². The number of rotatable bonds is 9. The maximum absolute atomic E-state index is 5.89. The summed E-state index contributed by atoms with van der Waals surface area (Å²) in [6.07, 6.45) is 10.5. The Kier molecular flexibility index (Phi) is 8.62. The molecule has 1 aliphatic carbocycles. The first-order valence-corrected chi connectivity index (χ1v) is 11.2. The van der Waals surface area contributed by atoms with Gasteiger partial charge in [-0.3, -0.25) is 0 Å². The van der Waals surface area contributed by atoms with Gasteiger partial charge < -0.3 is 24.4 Å². The average molecular weight is 419 g/mol. The van der Waals surface area contributed by atoms with Crippen LogP contribution in [0.3, 0.4) is 0 Å². The Morgan fingerprint density at radius 3 is 2.76 bits per heavy atom. The molecule has 1 aromatic carbocycles. The number of thiocarbonyl (C=S) groups is 1. The molecule has 2 aliphatic rings. The number of hydrogen-bond donors (Lipinski definition) is 1. The van der Waals surface area contributed by atoms with Gasteiger partial charge in [0.2, 0.25) is 0 Å². The van der Waals surface area contributed by atoms with Crippen molar-refractivity contribution < 1.29 is 14.2 Å². The van der Waals surface area contributed by atoms with Crippen LogP contribution in [0.15, 0.2) is 30.9 Å². The first kappa shape index (κ1) is 21.9. The van der Waals surface area contributed by atoms with Crippen LogP contribution in [-0.2, 0) is 11.3 Å². The second-order valence-electron chi connectivity index (χ2n) is 7.88. The largest absolute Gasteiger partial charge is 0.493 e. The third-order valence-corrected chi connectivity index (χ3v) is 6.00. The monoisotopic (exact) mass is 418 g/mol. The van der Waals surface area contributed by atoms with Crippen LogP contribution in [-0.4, -0.2) is 49.0 Å². The smallest absolute Gasteiger partial charge is 0.169 e. The first-order chi connectivity index (χ1) is 14.2. The summed E-state index contributed by atoms with van der Waals surface area (Å²) in [7, 11) is 1.67. The molecule has 0 unspecified atom stereocenters. The van der Waals surface area contributed by atoms with Gasteiger partial charge in [0.1, 0.15) is 6.61 Å². The second-order valence-corrected chi connectivity index (χ2v) is 8.27. The molecule has 1 saturated carbocycles. The molecule has 2 fully saturated rings. The Balaban J connectivity index is 1.69. The lowest BCUT2D eigenvalue weighted by atomic mass is 9.96. The summed E-state index contributed by atoms with van der Waals surface area (Å²) >= 11 is 5.83. The van der Waals surface area contributed by atoms with Gasteiger partial charge in [0.25, 0.3) is 0 Å². The molecule has 0 radical (unpaired) electrons. The van der Waals surface area contributed by atoms with E-state index in [9.17, 15) is 0 Å². The van der Waals surface area contributed by atoms with E-state index in [-0.39, 0.29) is 6.10 Å². The molecule has 1 aliphatic heterocycles. The van der Waals surface area contributed by atoms with Crippen molar-refractivity contribution in [1.29, 1.82) is 0 Å². The van der Waals surface area contributed by atoms with Crippen molar-refractivity contribution in [2.45, 2.75) is 63.6 Å². The van der Waals surface area contributed by atoms with E-state index in [2.05, 4.69) is 22.9 Å². The van der Waals surface area contributed by atoms with Crippen molar-refractivity contribution in [3.8, 4) is 11.5 Å². The molecule has 0 amide bonds. The molecular weight excluding hydrogens is 384 g/mol. The minimum Gasteiger partial charge on any atom is -0.493 e. The maximum atomic E-state index is 5.89. The number of ether oxygens (including phenoxy) is 3. The quantitative estimate of drug-likeness (QED) is 0.472. The standard InChI is InChI=1S/C23H34N2O3S/c1-3-13-28-21-12-11-18(15-22(21)26-2)16-25(17-20-10-7-14-27-20)23(29)24-19-8-5-4-6-9-19/h3,11-12,15,19-20H,1,4-10,13-14,16-17H2,2H3,(H,24,29)/t20-/m0/s1. The Bertz CT molecular complexity index is 670. The molecule has 0 spiro atoms. The zero-order chi connectivity index (χ0) is 20.5. The third-order valence-electron chi connectivity index (χ3n) is 5.63. The summed E-state index contributed by atoms with van der Waals surface area (Å²) in [5.41, 5.74) is 1.14. The molecule has 160 valence electrons. The topological polar surface area (TPSA) is 43.0 Å². The molecule has 29 heavy (non-hydrogen) atoms. The van der Waals surface area contributed by atoms with E-state index >= 15 is 0 Å². The van der Waals surface area contributed by atoms with Crippen LogP contribution in [0.2, 0.25) is 0 Å². The fourth-order valence-electron chi connectivity index (χ4n) is 4.06. The number of nitrogens with one attached hydrogen (secondary N) is 1. The van der Waals surface area contributed by atoms with E-state index in [4.69, 9.17) is 26.4 Å². The fraction of sp³-hybridized carbons (Fsp3) is 0.609. The van der Waals surface area contributed by atoms with Crippen molar-refractivity contribution in [3.63, 3.8) is 0 Å². The predicted molar refractivity (Wildman–Crippen MR) is 121 cm³/mol. The minimum atomic E-state index is 0.248. The Labute approximate surface area is 180 Å². The van der Waals surface area contributed by atoms with Crippen LogP contribution < -0.4 is 14.8 Å². The molecule has 6 heteroatoms. The zero-order valence-corrected chi connectivity index (χ0v) is 18.3. The van der Waals surface area contributed by atoms with E-state index in [1.54, 1.807) is 13.2 Å². The van der Waals surface area contributed by atoms with E-state index in [0.717, 1.165) is 54.7 Å². The van der Waals surface area contributed by atoms with Gasteiger partial charge in [0, 0.05) is 25.7 Å². The van der Waals surface area contributed by atoms with Gasteiger partial charge in [-0.2, -0.15) is 0 Å². The summed E-state index contributed by atoms with van der Waals surface area (Å²) in [4.78, 5) is 2.25. The van der Waals surface area contributed by atoms with Crippen LogP contribution in [0.4, 0.5) is 0 Å².